The van der Waals surface area contributed by atoms with Gasteiger partial charge in [-0.05, 0) is 61.3 Å². The fourth-order valence-corrected chi connectivity index (χ4v) is 8.26. The number of aryl methyl sites for hydroxylation is 1. The van der Waals surface area contributed by atoms with Crippen LogP contribution in [0.5, 0.6) is 0 Å². The van der Waals surface area contributed by atoms with Crippen LogP contribution in [-0.2, 0) is 26.1 Å². The van der Waals surface area contributed by atoms with Crippen molar-refractivity contribution in [2.24, 2.45) is 0 Å². The number of hydrogen-bond donors (Lipinski definition) is 1. The molecular formula is C19H21ClFNO4S2. The monoisotopic (exact) mass is 445 g/mol. The second kappa shape index (κ2) is 8.10. The highest BCUT2D eigenvalue weighted by atomic mass is 35.5. The molecule has 0 amide bonds. The molecule has 0 aliphatic carbocycles. The summed E-state index contributed by atoms with van der Waals surface area (Å²) in [5, 5.41) is 2.61. The van der Waals surface area contributed by atoms with Crippen molar-refractivity contribution < 1.29 is 21.2 Å². The summed E-state index contributed by atoms with van der Waals surface area (Å²) in [5.41, 5.74) is 1.21. The third-order valence-electron chi connectivity index (χ3n) is 4.89. The Bertz CT molecular complexity index is 1070. The van der Waals surface area contributed by atoms with Crippen LogP contribution >= 0.6 is 11.6 Å². The summed E-state index contributed by atoms with van der Waals surface area (Å²) in [5.74, 6) is -1.18. The fourth-order valence-electron chi connectivity index (χ4n) is 3.33. The number of rotatable bonds is 6. The Kier molecular flexibility index (Phi) is 6.14. The van der Waals surface area contributed by atoms with Crippen LogP contribution in [0, 0.1) is 12.7 Å². The van der Waals surface area contributed by atoms with Crippen molar-refractivity contribution >= 4 is 31.3 Å². The number of halogens is 2. The first-order valence-corrected chi connectivity index (χ1v) is 12.5. The predicted molar refractivity (Wildman–Crippen MR) is 108 cm³/mol. The first-order chi connectivity index (χ1) is 13.1. The van der Waals surface area contributed by atoms with Crippen molar-refractivity contribution in [2.45, 2.75) is 29.5 Å². The summed E-state index contributed by atoms with van der Waals surface area (Å²) in [6, 6.07) is 10.1. The lowest BCUT2D eigenvalue weighted by Gasteiger charge is -2.20. The van der Waals surface area contributed by atoms with E-state index < -0.39 is 42.5 Å². The summed E-state index contributed by atoms with van der Waals surface area (Å²) in [4.78, 5) is -0.0574. The van der Waals surface area contributed by atoms with Crippen LogP contribution in [0.3, 0.4) is 0 Å². The van der Waals surface area contributed by atoms with Crippen molar-refractivity contribution in [2.75, 3.05) is 18.1 Å². The summed E-state index contributed by atoms with van der Waals surface area (Å²) in [6.45, 7) is 1.90. The Balaban J connectivity index is 1.77. The second-order valence-electron chi connectivity index (χ2n) is 7.01. The quantitative estimate of drug-likeness (QED) is 0.691. The summed E-state index contributed by atoms with van der Waals surface area (Å²) < 4.78 is 63.8. The number of hydrogen-bond acceptors (Lipinski definition) is 5. The van der Waals surface area contributed by atoms with Gasteiger partial charge in [0.15, 0.2) is 19.7 Å². The third-order valence-corrected chi connectivity index (χ3v) is 9.29. The molecule has 0 bridgehead atoms. The van der Waals surface area contributed by atoms with Crippen LogP contribution in [-0.4, -0.2) is 46.2 Å². The lowest BCUT2D eigenvalue weighted by atomic mass is 10.1. The highest BCUT2D eigenvalue weighted by Gasteiger charge is 2.45. The van der Waals surface area contributed by atoms with Crippen LogP contribution in [0.15, 0.2) is 47.4 Å². The molecule has 2 aromatic carbocycles. The van der Waals surface area contributed by atoms with Crippen molar-refractivity contribution in [3.63, 3.8) is 0 Å². The molecule has 1 aliphatic heterocycles. The van der Waals surface area contributed by atoms with Gasteiger partial charge in [-0.25, -0.2) is 21.2 Å². The molecule has 0 radical (unpaired) electrons. The van der Waals surface area contributed by atoms with E-state index in [1.54, 1.807) is 12.1 Å². The fraction of sp³-hybridized carbons (Fsp3) is 0.368. The average Bonchev–Trinajstić information content (AvgIpc) is 2.94. The van der Waals surface area contributed by atoms with Crippen LogP contribution < -0.4 is 5.32 Å². The minimum Gasteiger partial charge on any atom is -0.311 e. The van der Waals surface area contributed by atoms with Crippen LogP contribution in [0.2, 0.25) is 5.02 Å². The maximum atomic E-state index is 13.5. The predicted octanol–water partition coefficient (Wildman–Crippen LogP) is 2.56. The van der Waals surface area contributed by atoms with Gasteiger partial charge in [-0.15, -0.1) is 0 Å². The summed E-state index contributed by atoms with van der Waals surface area (Å²) in [7, 11) is -7.41. The molecule has 1 saturated heterocycles. The van der Waals surface area contributed by atoms with Gasteiger partial charge in [-0.1, -0.05) is 23.7 Å². The van der Waals surface area contributed by atoms with Crippen molar-refractivity contribution in [1.29, 1.82) is 0 Å². The van der Waals surface area contributed by atoms with E-state index in [2.05, 4.69) is 5.32 Å². The first-order valence-electron chi connectivity index (χ1n) is 8.77. The third kappa shape index (κ3) is 4.74. The molecule has 2 atom stereocenters. The molecule has 5 nitrogen and oxygen atoms in total. The molecule has 0 aromatic heterocycles. The topological polar surface area (TPSA) is 80.3 Å². The molecule has 3 rings (SSSR count). The van der Waals surface area contributed by atoms with Crippen molar-refractivity contribution in [1.82, 2.24) is 5.32 Å². The van der Waals surface area contributed by atoms with Gasteiger partial charge >= 0.3 is 0 Å². The highest BCUT2D eigenvalue weighted by molar-refractivity contribution is 7.96. The molecule has 2 unspecified atom stereocenters. The lowest BCUT2D eigenvalue weighted by Crippen LogP contribution is -2.44. The van der Waals surface area contributed by atoms with Crippen LogP contribution in [0.4, 0.5) is 4.39 Å². The average molecular weight is 446 g/mol. The van der Waals surface area contributed by atoms with E-state index in [-0.39, 0.29) is 16.2 Å². The van der Waals surface area contributed by atoms with E-state index in [9.17, 15) is 21.2 Å². The van der Waals surface area contributed by atoms with E-state index >= 15 is 0 Å². The Morgan fingerprint density at radius 2 is 1.82 bits per heavy atom. The molecular weight excluding hydrogens is 425 g/mol. The Labute approximate surface area is 169 Å². The molecule has 0 spiro atoms. The Hall–Kier alpha value is -1.48. The molecule has 1 N–H and O–H groups in total. The van der Waals surface area contributed by atoms with Gasteiger partial charge in [-0.3, -0.25) is 0 Å². The van der Waals surface area contributed by atoms with Gasteiger partial charge < -0.3 is 5.32 Å². The van der Waals surface area contributed by atoms with E-state index in [0.717, 1.165) is 11.6 Å². The van der Waals surface area contributed by atoms with E-state index in [4.69, 9.17) is 11.6 Å². The molecule has 152 valence electrons. The number of nitrogens with one attached hydrogen (secondary N) is 1. The van der Waals surface area contributed by atoms with E-state index in [1.807, 2.05) is 12.1 Å². The van der Waals surface area contributed by atoms with Gasteiger partial charge in [0.05, 0.1) is 21.7 Å². The molecule has 1 heterocycles. The molecule has 2 aromatic rings. The molecule has 28 heavy (non-hydrogen) atoms. The molecule has 1 aliphatic rings. The zero-order valence-electron chi connectivity index (χ0n) is 15.2. The smallest absolute Gasteiger partial charge is 0.183 e. The zero-order chi connectivity index (χ0) is 20.5. The van der Waals surface area contributed by atoms with Crippen molar-refractivity contribution in [3.05, 3.63) is 64.4 Å². The zero-order valence-corrected chi connectivity index (χ0v) is 17.6. The number of benzene rings is 2. The summed E-state index contributed by atoms with van der Waals surface area (Å²) >= 11 is 5.86. The van der Waals surface area contributed by atoms with Crippen molar-refractivity contribution in [3.8, 4) is 0 Å². The van der Waals surface area contributed by atoms with E-state index in [0.29, 0.717) is 18.0 Å². The second-order valence-corrected chi connectivity index (χ2v) is 11.8. The largest absolute Gasteiger partial charge is 0.311 e. The van der Waals surface area contributed by atoms with Gasteiger partial charge in [0.1, 0.15) is 5.82 Å². The lowest BCUT2D eigenvalue weighted by molar-refractivity contribution is 0.528. The SMILES string of the molecule is Cc1cc(S(=O)(=O)C2CS(=O)(=O)CC2NCCc2ccc(Cl)cc2)ccc1F. The minimum atomic E-state index is -3.92. The van der Waals surface area contributed by atoms with Gasteiger partial charge in [0.25, 0.3) is 0 Å². The molecule has 9 heteroatoms. The van der Waals surface area contributed by atoms with Crippen LogP contribution in [0.25, 0.3) is 0 Å². The number of sulfone groups is 2. The summed E-state index contributed by atoms with van der Waals surface area (Å²) in [6.07, 6.45) is 0.607. The normalized spacial score (nSPS) is 21.7. The first kappa shape index (κ1) is 21.2. The molecule has 1 fully saturated rings. The minimum absolute atomic E-state index is 0.0574. The Morgan fingerprint density at radius 3 is 2.46 bits per heavy atom. The maximum absolute atomic E-state index is 13.5. The van der Waals surface area contributed by atoms with Gasteiger partial charge in [0.2, 0.25) is 0 Å². The van der Waals surface area contributed by atoms with Crippen LogP contribution in [0.1, 0.15) is 11.1 Å². The maximum Gasteiger partial charge on any atom is 0.183 e. The molecule has 0 saturated carbocycles. The standard InChI is InChI=1S/C19H21ClFNO4S2/c1-13-10-16(6-7-17(13)21)28(25,26)19-12-27(23,24)11-18(19)22-9-8-14-2-4-15(20)5-3-14/h2-7,10,18-19,22H,8-9,11-12H2,1H3. The van der Waals surface area contributed by atoms with Gasteiger partial charge in [-0.2, -0.15) is 0 Å². The van der Waals surface area contributed by atoms with E-state index in [1.165, 1.54) is 19.1 Å². The van der Waals surface area contributed by atoms with Gasteiger partial charge in [0, 0.05) is 11.1 Å². The highest BCUT2D eigenvalue weighted by Crippen LogP contribution is 2.27. The Morgan fingerprint density at radius 1 is 1.14 bits per heavy atom.